The molecule has 146 valence electrons. The number of ether oxygens (including phenoxy) is 1. The molecule has 2 aromatic carbocycles. The molecule has 0 aromatic heterocycles. The quantitative estimate of drug-likeness (QED) is 0.329. The highest BCUT2D eigenvalue weighted by molar-refractivity contribution is 8.00. The summed E-state index contributed by atoms with van der Waals surface area (Å²) >= 11 is 1.19. The molecule has 0 heterocycles. The molecule has 0 radical (unpaired) electrons. The number of hydrogen-bond donors (Lipinski definition) is 1. The maximum absolute atomic E-state index is 12.3. The number of esters is 1. The van der Waals surface area contributed by atoms with Crippen molar-refractivity contribution in [1.29, 1.82) is 0 Å². The van der Waals surface area contributed by atoms with Crippen LogP contribution in [0.1, 0.15) is 24.5 Å². The summed E-state index contributed by atoms with van der Waals surface area (Å²) in [7, 11) is 0. The van der Waals surface area contributed by atoms with Gasteiger partial charge in [-0.2, -0.15) is 0 Å². The first kappa shape index (κ1) is 19.9. The number of benzene rings is 2. The van der Waals surface area contributed by atoms with E-state index in [1.54, 1.807) is 12.1 Å². The van der Waals surface area contributed by atoms with Gasteiger partial charge < -0.3 is 10.1 Å². The topological polar surface area (TPSA) is 98.5 Å². The number of carbonyl (C=O) groups is 2. The van der Waals surface area contributed by atoms with Crippen LogP contribution in [0.4, 0.5) is 11.4 Å². The SMILES string of the molecule is C[C@@H](OC(=O)CSc1ccc([N+](=O)[O-])cc1)C(=O)Nc1ccc2c(c1)CCC2. The molecule has 1 amide bonds. The maximum atomic E-state index is 12.3. The van der Waals surface area contributed by atoms with Gasteiger partial charge in [-0.3, -0.25) is 19.7 Å². The first-order valence-electron chi connectivity index (χ1n) is 8.92. The van der Waals surface area contributed by atoms with Gasteiger partial charge in [-0.25, -0.2) is 0 Å². The second-order valence-electron chi connectivity index (χ2n) is 6.50. The molecule has 0 saturated carbocycles. The second kappa shape index (κ2) is 8.88. The number of nitro benzene ring substituents is 1. The molecule has 28 heavy (non-hydrogen) atoms. The number of carbonyl (C=O) groups excluding carboxylic acids is 2. The second-order valence-corrected chi connectivity index (χ2v) is 7.55. The number of fused-ring (bicyclic) bond motifs is 1. The monoisotopic (exact) mass is 400 g/mol. The van der Waals surface area contributed by atoms with Crippen molar-refractivity contribution in [3.05, 3.63) is 63.7 Å². The Morgan fingerprint density at radius 3 is 2.61 bits per heavy atom. The normalized spacial score (nSPS) is 13.5. The Bertz CT molecular complexity index is 898. The van der Waals surface area contributed by atoms with Crippen LogP contribution >= 0.6 is 11.8 Å². The fourth-order valence-corrected chi connectivity index (χ4v) is 3.67. The summed E-state index contributed by atoms with van der Waals surface area (Å²) in [6.45, 7) is 1.52. The molecule has 1 aliphatic carbocycles. The van der Waals surface area contributed by atoms with Gasteiger partial charge in [-0.05, 0) is 61.6 Å². The molecule has 0 spiro atoms. The molecular weight excluding hydrogens is 380 g/mol. The largest absolute Gasteiger partial charge is 0.452 e. The molecule has 0 bridgehead atoms. The number of thioether (sulfide) groups is 1. The van der Waals surface area contributed by atoms with Gasteiger partial charge in [0.2, 0.25) is 0 Å². The van der Waals surface area contributed by atoms with Crippen LogP contribution < -0.4 is 5.32 Å². The summed E-state index contributed by atoms with van der Waals surface area (Å²) in [5.41, 5.74) is 3.26. The zero-order valence-electron chi connectivity index (χ0n) is 15.3. The van der Waals surface area contributed by atoms with Gasteiger partial charge in [-0.15, -0.1) is 11.8 Å². The Morgan fingerprint density at radius 1 is 1.18 bits per heavy atom. The van der Waals surface area contributed by atoms with E-state index in [4.69, 9.17) is 4.74 Å². The van der Waals surface area contributed by atoms with Crippen molar-refractivity contribution in [2.45, 2.75) is 37.2 Å². The van der Waals surface area contributed by atoms with E-state index < -0.39 is 17.0 Å². The van der Waals surface area contributed by atoms with Crippen LogP contribution in [0.15, 0.2) is 47.4 Å². The molecular formula is C20H20N2O5S. The van der Waals surface area contributed by atoms with E-state index in [1.165, 1.54) is 41.9 Å². The predicted molar refractivity (Wildman–Crippen MR) is 106 cm³/mol. The van der Waals surface area contributed by atoms with Gasteiger partial charge in [0.15, 0.2) is 6.10 Å². The summed E-state index contributed by atoms with van der Waals surface area (Å²) in [6, 6.07) is 11.7. The molecule has 1 N–H and O–H groups in total. The van der Waals surface area contributed by atoms with Crippen molar-refractivity contribution in [1.82, 2.24) is 0 Å². The molecule has 2 aromatic rings. The lowest BCUT2D eigenvalue weighted by Gasteiger charge is -2.14. The van der Waals surface area contributed by atoms with E-state index in [0.29, 0.717) is 10.6 Å². The lowest BCUT2D eigenvalue weighted by molar-refractivity contribution is -0.384. The van der Waals surface area contributed by atoms with Gasteiger partial charge in [0.1, 0.15) is 0 Å². The molecule has 0 saturated heterocycles. The van der Waals surface area contributed by atoms with Crippen molar-refractivity contribution in [3.8, 4) is 0 Å². The van der Waals surface area contributed by atoms with E-state index >= 15 is 0 Å². The molecule has 8 heteroatoms. The van der Waals surface area contributed by atoms with Crippen molar-refractivity contribution in [2.75, 3.05) is 11.1 Å². The van der Waals surface area contributed by atoms with Crippen molar-refractivity contribution >= 4 is 35.0 Å². The van der Waals surface area contributed by atoms with Crippen LogP contribution in [-0.2, 0) is 27.2 Å². The third kappa shape index (κ3) is 5.10. The molecule has 3 rings (SSSR count). The highest BCUT2D eigenvalue weighted by Crippen LogP contribution is 2.25. The van der Waals surface area contributed by atoms with Crippen molar-refractivity contribution in [3.63, 3.8) is 0 Å². The number of anilines is 1. The molecule has 0 fully saturated rings. The number of nitro groups is 1. The van der Waals surface area contributed by atoms with E-state index in [0.717, 1.165) is 19.3 Å². The Morgan fingerprint density at radius 2 is 1.89 bits per heavy atom. The van der Waals surface area contributed by atoms with Crippen LogP contribution in [0.25, 0.3) is 0 Å². The zero-order valence-corrected chi connectivity index (χ0v) is 16.2. The Balaban J connectivity index is 1.46. The third-order valence-electron chi connectivity index (χ3n) is 4.45. The summed E-state index contributed by atoms with van der Waals surface area (Å²) in [5.74, 6) is -0.902. The summed E-state index contributed by atoms with van der Waals surface area (Å²) in [4.78, 5) is 35.1. The van der Waals surface area contributed by atoms with Crippen LogP contribution in [0.3, 0.4) is 0 Å². The van der Waals surface area contributed by atoms with Crippen molar-refractivity contribution in [2.24, 2.45) is 0 Å². The number of hydrogen-bond acceptors (Lipinski definition) is 6. The number of rotatable bonds is 7. The highest BCUT2D eigenvalue weighted by atomic mass is 32.2. The summed E-state index contributed by atoms with van der Waals surface area (Å²) in [6.07, 6.45) is 2.30. The molecule has 0 aliphatic heterocycles. The molecule has 1 aliphatic rings. The van der Waals surface area contributed by atoms with Crippen LogP contribution in [-0.4, -0.2) is 28.7 Å². The van der Waals surface area contributed by atoms with Crippen LogP contribution in [0.5, 0.6) is 0 Å². The Hall–Kier alpha value is -2.87. The first-order chi connectivity index (χ1) is 13.4. The number of aryl methyl sites for hydroxylation is 2. The third-order valence-corrected chi connectivity index (χ3v) is 5.43. The maximum Gasteiger partial charge on any atom is 0.317 e. The molecule has 1 atom stereocenters. The highest BCUT2D eigenvalue weighted by Gasteiger charge is 2.19. The smallest absolute Gasteiger partial charge is 0.317 e. The van der Waals surface area contributed by atoms with Gasteiger partial charge in [0.05, 0.1) is 10.7 Å². The molecule has 0 unspecified atom stereocenters. The number of non-ortho nitro benzene ring substituents is 1. The predicted octanol–water partition coefficient (Wildman–Crippen LogP) is 3.75. The van der Waals surface area contributed by atoms with Crippen LogP contribution in [0.2, 0.25) is 0 Å². The lowest BCUT2D eigenvalue weighted by atomic mass is 10.1. The average molecular weight is 400 g/mol. The molecule has 7 nitrogen and oxygen atoms in total. The van der Waals surface area contributed by atoms with E-state index in [9.17, 15) is 19.7 Å². The summed E-state index contributed by atoms with van der Waals surface area (Å²) in [5, 5.41) is 13.4. The van der Waals surface area contributed by atoms with Gasteiger partial charge in [-0.1, -0.05) is 6.07 Å². The van der Waals surface area contributed by atoms with E-state index in [-0.39, 0.29) is 17.3 Å². The summed E-state index contributed by atoms with van der Waals surface area (Å²) < 4.78 is 5.18. The van der Waals surface area contributed by atoms with Gasteiger partial charge in [0, 0.05) is 22.7 Å². The number of nitrogens with one attached hydrogen (secondary N) is 1. The zero-order chi connectivity index (χ0) is 20.1. The fraction of sp³-hybridized carbons (Fsp3) is 0.300. The Kier molecular flexibility index (Phi) is 6.30. The first-order valence-corrected chi connectivity index (χ1v) is 9.90. The lowest BCUT2D eigenvalue weighted by Crippen LogP contribution is -2.30. The minimum absolute atomic E-state index is 0.00821. The Labute approximate surface area is 166 Å². The average Bonchev–Trinajstić information content (AvgIpc) is 3.14. The number of nitrogens with zero attached hydrogens (tertiary/aromatic N) is 1. The van der Waals surface area contributed by atoms with E-state index in [2.05, 4.69) is 5.32 Å². The van der Waals surface area contributed by atoms with E-state index in [1.807, 2.05) is 18.2 Å². The van der Waals surface area contributed by atoms with Gasteiger partial charge >= 0.3 is 5.97 Å². The standard InChI is InChI=1S/C20H20N2O5S/c1-13(20(24)21-16-6-5-14-3-2-4-15(14)11-16)27-19(23)12-28-18-9-7-17(8-10-18)22(25)26/h5-11,13H,2-4,12H2,1H3,(H,21,24)/t13-/m1/s1. The van der Waals surface area contributed by atoms with Crippen LogP contribution in [0, 0.1) is 10.1 Å². The fourth-order valence-electron chi connectivity index (χ4n) is 2.98. The minimum Gasteiger partial charge on any atom is -0.452 e. The number of amides is 1. The van der Waals surface area contributed by atoms with Crippen molar-refractivity contribution < 1.29 is 19.2 Å². The minimum atomic E-state index is -0.918. The van der Waals surface area contributed by atoms with Gasteiger partial charge in [0.25, 0.3) is 11.6 Å².